The molecule has 1 aliphatic rings. The molecule has 6 heteroatoms. The minimum Gasteiger partial charge on any atom is -0.379 e. The highest BCUT2D eigenvalue weighted by Crippen LogP contribution is 2.30. The second-order valence-electron chi connectivity index (χ2n) is 5.69. The van der Waals surface area contributed by atoms with E-state index >= 15 is 0 Å². The Labute approximate surface area is 135 Å². The second kappa shape index (κ2) is 6.97. The molecule has 1 N–H and O–H groups in total. The summed E-state index contributed by atoms with van der Waals surface area (Å²) < 4.78 is 5.28. The number of nitrogens with zero attached hydrogens (tertiary/aromatic N) is 1. The molecule has 2 rings (SSSR count). The maximum absolute atomic E-state index is 12.2. The lowest BCUT2D eigenvalue weighted by Crippen LogP contribution is -2.48. The van der Waals surface area contributed by atoms with Crippen molar-refractivity contribution < 1.29 is 9.53 Å². The third-order valence-electron chi connectivity index (χ3n) is 3.53. The van der Waals surface area contributed by atoms with Crippen LogP contribution in [0.15, 0.2) is 18.2 Å². The number of hydrogen-bond acceptors (Lipinski definition) is 3. The maximum atomic E-state index is 12.2. The van der Waals surface area contributed by atoms with Gasteiger partial charge in [-0.1, -0.05) is 29.3 Å². The Morgan fingerprint density at radius 1 is 1.33 bits per heavy atom. The van der Waals surface area contributed by atoms with Crippen LogP contribution in [0.1, 0.15) is 19.4 Å². The molecular weight excluding hydrogens is 311 g/mol. The Hall–Kier alpha value is -0.810. The van der Waals surface area contributed by atoms with Gasteiger partial charge in [0.25, 0.3) is 0 Å². The lowest BCUT2D eigenvalue weighted by atomic mass is 9.94. The fourth-order valence-corrected chi connectivity index (χ4v) is 3.06. The standard InChI is InChI=1S/C15H20Cl2N2O2/c1-15(2,12-4-3-11(16)9-13(12)17)18-14(20)10-19-5-7-21-8-6-19/h3-4,9H,5-8,10H2,1-2H3,(H,18,20). The van der Waals surface area contributed by atoms with Crippen molar-refractivity contribution in [2.75, 3.05) is 32.8 Å². The van der Waals surface area contributed by atoms with E-state index in [1.165, 1.54) is 0 Å². The van der Waals surface area contributed by atoms with E-state index in [1.54, 1.807) is 12.1 Å². The van der Waals surface area contributed by atoms with E-state index in [-0.39, 0.29) is 5.91 Å². The van der Waals surface area contributed by atoms with Crippen LogP contribution in [0.25, 0.3) is 0 Å². The molecule has 0 radical (unpaired) electrons. The quantitative estimate of drug-likeness (QED) is 0.922. The summed E-state index contributed by atoms with van der Waals surface area (Å²) in [6, 6.07) is 5.31. The summed E-state index contributed by atoms with van der Waals surface area (Å²) in [4.78, 5) is 14.3. The Morgan fingerprint density at radius 2 is 2.00 bits per heavy atom. The number of carbonyl (C=O) groups excluding carboxylic acids is 1. The summed E-state index contributed by atoms with van der Waals surface area (Å²) in [6.07, 6.45) is 0. The van der Waals surface area contributed by atoms with Crippen LogP contribution in [-0.2, 0) is 15.1 Å². The molecular formula is C15H20Cl2N2O2. The predicted molar refractivity (Wildman–Crippen MR) is 84.9 cm³/mol. The zero-order chi connectivity index (χ0) is 15.5. The number of halogens is 2. The van der Waals surface area contributed by atoms with E-state index in [4.69, 9.17) is 27.9 Å². The van der Waals surface area contributed by atoms with E-state index in [2.05, 4.69) is 10.2 Å². The van der Waals surface area contributed by atoms with Gasteiger partial charge in [-0.3, -0.25) is 9.69 Å². The highest BCUT2D eigenvalue weighted by Gasteiger charge is 2.26. The number of rotatable bonds is 4. The van der Waals surface area contributed by atoms with Gasteiger partial charge >= 0.3 is 0 Å². The van der Waals surface area contributed by atoms with Crippen LogP contribution in [0.5, 0.6) is 0 Å². The molecule has 0 saturated carbocycles. The van der Waals surface area contributed by atoms with Crippen molar-refractivity contribution >= 4 is 29.1 Å². The number of hydrogen-bond donors (Lipinski definition) is 1. The normalized spacial score (nSPS) is 16.8. The van der Waals surface area contributed by atoms with Gasteiger partial charge in [-0.15, -0.1) is 0 Å². The molecule has 116 valence electrons. The second-order valence-corrected chi connectivity index (χ2v) is 6.53. The molecule has 0 unspecified atom stereocenters. The largest absolute Gasteiger partial charge is 0.379 e. The molecule has 1 saturated heterocycles. The van der Waals surface area contributed by atoms with Crippen molar-refractivity contribution in [2.45, 2.75) is 19.4 Å². The lowest BCUT2D eigenvalue weighted by Gasteiger charge is -2.31. The van der Waals surface area contributed by atoms with Crippen LogP contribution in [0.2, 0.25) is 10.0 Å². The Balaban J connectivity index is 2.00. The van der Waals surface area contributed by atoms with Crippen LogP contribution in [-0.4, -0.2) is 43.7 Å². The van der Waals surface area contributed by atoms with Gasteiger partial charge in [0.05, 0.1) is 25.3 Å². The first-order chi connectivity index (χ1) is 9.88. The molecule has 1 aromatic rings. The van der Waals surface area contributed by atoms with E-state index in [0.717, 1.165) is 18.7 Å². The van der Waals surface area contributed by atoms with Gasteiger partial charge < -0.3 is 10.1 Å². The van der Waals surface area contributed by atoms with Crippen LogP contribution in [0, 0.1) is 0 Å². The monoisotopic (exact) mass is 330 g/mol. The van der Waals surface area contributed by atoms with Gasteiger partial charge in [-0.2, -0.15) is 0 Å². The van der Waals surface area contributed by atoms with E-state index in [9.17, 15) is 4.79 Å². The summed E-state index contributed by atoms with van der Waals surface area (Å²) in [5, 5.41) is 4.17. The average Bonchev–Trinajstić information content (AvgIpc) is 2.38. The topological polar surface area (TPSA) is 41.6 Å². The number of morpholine rings is 1. The van der Waals surface area contributed by atoms with Crippen molar-refractivity contribution in [2.24, 2.45) is 0 Å². The van der Waals surface area contributed by atoms with Gasteiger partial charge in [0, 0.05) is 23.1 Å². The molecule has 0 aromatic heterocycles. The van der Waals surface area contributed by atoms with Crippen LogP contribution in [0.4, 0.5) is 0 Å². The number of nitrogens with one attached hydrogen (secondary N) is 1. The molecule has 4 nitrogen and oxygen atoms in total. The fourth-order valence-electron chi connectivity index (χ4n) is 2.41. The minimum atomic E-state index is -0.551. The van der Waals surface area contributed by atoms with Crippen LogP contribution in [0.3, 0.4) is 0 Å². The number of carbonyl (C=O) groups is 1. The maximum Gasteiger partial charge on any atom is 0.234 e. The fraction of sp³-hybridized carbons (Fsp3) is 0.533. The van der Waals surface area contributed by atoms with Crippen molar-refractivity contribution in [3.63, 3.8) is 0 Å². The molecule has 0 bridgehead atoms. The summed E-state index contributed by atoms with van der Waals surface area (Å²) in [6.45, 7) is 7.17. The zero-order valence-corrected chi connectivity index (χ0v) is 13.8. The number of benzene rings is 1. The van der Waals surface area contributed by atoms with E-state index < -0.39 is 5.54 Å². The van der Waals surface area contributed by atoms with Gasteiger partial charge in [0.15, 0.2) is 0 Å². The molecule has 21 heavy (non-hydrogen) atoms. The molecule has 1 amide bonds. The van der Waals surface area contributed by atoms with Crippen molar-refractivity contribution in [3.8, 4) is 0 Å². The summed E-state index contributed by atoms with van der Waals surface area (Å²) >= 11 is 12.1. The first kappa shape index (κ1) is 16.6. The third kappa shape index (κ3) is 4.58. The smallest absolute Gasteiger partial charge is 0.234 e. The van der Waals surface area contributed by atoms with E-state index in [1.807, 2.05) is 19.9 Å². The van der Waals surface area contributed by atoms with E-state index in [0.29, 0.717) is 29.8 Å². The van der Waals surface area contributed by atoms with Crippen molar-refractivity contribution in [3.05, 3.63) is 33.8 Å². The molecule has 0 aliphatic carbocycles. The van der Waals surface area contributed by atoms with Crippen molar-refractivity contribution in [1.82, 2.24) is 10.2 Å². The summed E-state index contributed by atoms with van der Waals surface area (Å²) in [5.41, 5.74) is 0.300. The third-order valence-corrected chi connectivity index (χ3v) is 4.08. The molecule has 1 heterocycles. The van der Waals surface area contributed by atoms with Crippen molar-refractivity contribution in [1.29, 1.82) is 0 Å². The van der Waals surface area contributed by atoms with Gasteiger partial charge in [-0.25, -0.2) is 0 Å². The predicted octanol–water partition coefficient (Wildman–Crippen LogP) is 2.68. The molecule has 1 aromatic carbocycles. The first-order valence-electron chi connectivity index (χ1n) is 6.95. The Kier molecular flexibility index (Phi) is 5.49. The highest BCUT2D eigenvalue weighted by molar-refractivity contribution is 6.35. The number of ether oxygens (including phenoxy) is 1. The number of amides is 1. The van der Waals surface area contributed by atoms with Crippen LogP contribution < -0.4 is 5.32 Å². The van der Waals surface area contributed by atoms with Gasteiger partial charge in [0.1, 0.15) is 0 Å². The average molecular weight is 331 g/mol. The van der Waals surface area contributed by atoms with Gasteiger partial charge in [-0.05, 0) is 31.5 Å². The molecule has 1 fully saturated rings. The molecule has 0 atom stereocenters. The minimum absolute atomic E-state index is 0.0204. The Bertz CT molecular complexity index is 514. The zero-order valence-electron chi connectivity index (χ0n) is 12.3. The SMILES string of the molecule is CC(C)(NC(=O)CN1CCOCC1)c1ccc(Cl)cc1Cl. The highest BCUT2D eigenvalue weighted by atomic mass is 35.5. The first-order valence-corrected chi connectivity index (χ1v) is 7.71. The Morgan fingerprint density at radius 3 is 2.62 bits per heavy atom. The van der Waals surface area contributed by atoms with Crippen LogP contribution >= 0.6 is 23.2 Å². The van der Waals surface area contributed by atoms with Gasteiger partial charge in [0.2, 0.25) is 5.91 Å². The lowest BCUT2D eigenvalue weighted by molar-refractivity contribution is -0.124. The molecule has 0 spiro atoms. The molecule has 1 aliphatic heterocycles. The summed E-state index contributed by atoms with van der Waals surface area (Å²) in [5.74, 6) is -0.0204. The summed E-state index contributed by atoms with van der Waals surface area (Å²) in [7, 11) is 0.